The summed E-state index contributed by atoms with van der Waals surface area (Å²) in [6.07, 6.45) is 3.56. The first-order valence-corrected chi connectivity index (χ1v) is 5.85. The fraction of sp³-hybridized carbons (Fsp3) is 0.909. The second kappa shape index (κ2) is 6.80. The number of nitrogens with zero attached hydrogens (tertiary/aromatic N) is 1. The lowest BCUT2D eigenvalue weighted by atomic mass is 10.1. The molecular weight excluding hydrogens is 192 g/mol. The molecule has 0 aromatic carbocycles. The predicted molar refractivity (Wildman–Crippen MR) is 59.5 cm³/mol. The van der Waals surface area contributed by atoms with E-state index in [2.05, 4.69) is 6.92 Å². The molecule has 1 unspecified atom stereocenters. The maximum absolute atomic E-state index is 11.7. The van der Waals surface area contributed by atoms with Gasteiger partial charge in [-0.15, -0.1) is 0 Å². The third kappa shape index (κ3) is 4.62. The van der Waals surface area contributed by atoms with E-state index in [1.54, 1.807) is 0 Å². The summed E-state index contributed by atoms with van der Waals surface area (Å²) in [5.74, 6) is 0.182. The van der Waals surface area contributed by atoms with Gasteiger partial charge in [0.05, 0.1) is 13.0 Å². The zero-order valence-electron chi connectivity index (χ0n) is 9.58. The van der Waals surface area contributed by atoms with Gasteiger partial charge in [0, 0.05) is 25.7 Å². The zero-order valence-corrected chi connectivity index (χ0v) is 9.58. The molecule has 0 bridgehead atoms. The molecule has 0 aromatic heterocycles. The van der Waals surface area contributed by atoms with Crippen molar-refractivity contribution in [2.24, 2.45) is 5.73 Å². The molecule has 1 heterocycles. The third-order valence-corrected chi connectivity index (χ3v) is 2.62. The van der Waals surface area contributed by atoms with Gasteiger partial charge in [-0.2, -0.15) is 0 Å². The Labute approximate surface area is 91.8 Å². The van der Waals surface area contributed by atoms with Crippen LogP contribution in [-0.2, 0) is 9.53 Å². The number of carbonyl (C=O) groups excluding carboxylic acids is 1. The fourth-order valence-electron chi connectivity index (χ4n) is 1.80. The largest absolute Gasteiger partial charge is 0.381 e. The van der Waals surface area contributed by atoms with Crippen LogP contribution in [0.1, 0.15) is 32.6 Å². The number of likely N-dealkylation sites (tertiary alicyclic amines) is 1. The second-order valence-electron chi connectivity index (χ2n) is 4.10. The molecular formula is C11H22N2O2. The summed E-state index contributed by atoms with van der Waals surface area (Å²) < 4.78 is 5.29. The van der Waals surface area contributed by atoms with Crippen molar-refractivity contribution in [2.75, 3.05) is 26.3 Å². The van der Waals surface area contributed by atoms with Gasteiger partial charge in [0.15, 0.2) is 0 Å². The molecule has 1 amide bonds. The quantitative estimate of drug-likeness (QED) is 0.687. The van der Waals surface area contributed by atoms with Gasteiger partial charge in [-0.25, -0.2) is 0 Å². The molecule has 4 heteroatoms. The van der Waals surface area contributed by atoms with E-state index in [1.807, 2.05) is 4.90 Å². The average molecular weight is 214 g/mol. The van der Waals surface area contributed by atoms with Gasteiger partial charge in [0.1, 0.15) is 0 Å². The maximum Gasteiger partial charge on any atom is 0.224 e. The maximum atomic E-state index is 11.7. The number of rotatable bonds is 5. The summed E-state index contributed by atoms with van der Waals surface area (Å²) >= 11 is 0. The van der Waals surface area contributed by atoms with Crippen molar-refractivity contribution < 1.29 is 9.53 Å². The smallest absolute Gasteiger partial charge is 0.224 e. The summed E-state index contributed by atoms with van der Waals surface area (Å²) in [7, 11) is 0. The standard InChI is InChI=1S/C11H22N2O2/c1-2-7-15-8-5-11(14)13-6-3-4-10(12)9-13/h10H,2-9,12H2,1H3. The molecule has 0 radical (unpaired) electrons. The van der Waals surface area contributed by atoms with Crippen molar-refractivity contribution in [3.63, 3.8) is 0 Å². The Bertz CT molecular complexity index is 197. The van der Waals surface area contributed by atoms with E-state index in [1.165, 1.54) is 0 Å². The van der Waals surface area contributed by atoms with Gasteiger partial charge in [0.25, 0.3) is 0 Å². The highest BCUT2D eigenvalue weighted by molar-refractivity contribution is 5.76. The summed E-state index contributed by atoms with van der Waals surface area (Å²) in [6, 6.07) is 0.166. The highest BCUT2D eigenvalue weighted by Crippen LogP contribution is 2.09. The van der Waals surface area contributed by atoms with Crippen LogP contribution in [0.5, 0.6) is 0 Å². The van der Waals surface area contributed by atoms with E-state index in [0.29, 0.717) is 19.6 Å². The first-order chi connectivity index (χ1) is 7.24. The number of ether oxygens (including phenoxy) is 1. The molecule has 4 nitrogen and oxygen atoms in total. The van der Waals surface area contributed by atoms with Crippen LogP contribution < -0.4 is 5.73 Å². The zero-order chi connectivity index (χ0) is 11.1. The Kier molecular flexibility index (Phi) is 5.65. The number of hydrogen-bond donors (Lipinski definition) is 1. The number of carbonyl (C=O) groups is 1. The van der Waals surface area contributed by atoms with Gasteiger partial charge in [-0.05, 0) is 19.3 Å². The lowest BCUT2D eigenvalue weighted by Gasteiger charge is -2.30. The molecule has 0 aliphatic carbocycles. The van der Waals surface area contributed by atoms with Crippen molar-refractivity contribution >= 4 is 5.91 Å². The van der Waals surface area contributed by atoms with Crippen LogP contribution in [0.15, 0.2) is 0 Å². The minimum atomic E-state index is 0.166. The highest BCUT2D eigenvalue weighted by Gasteiger charge is 2.20. The van der Waals surface area contributed by atoms with Crippen molar-refractivity contribution in [3.05, 3.63) is 0 Å². The average Bonchev–Trinajstić information content (AvgIpc) is 2.24. The van der Waals surface area contributed by atoms with Gasteiger partial charge in [0.2, 0.25) is 5.91 Å². The van der Waals surface area contributed by atoms with Crippen LogP contribution in [0.2, 0.25) is 0 Å². The summed E-state index contributed by atoms with van der Waals surface area (Å²) in [5.41, 5.74) is 5.81. The van der Waals surface area contributed by atoms with E-state index >= 15 is 0 Å². The highest BCUT2D eigenvalue weighted by atomic mass is 16.5. The predicted octanol–water partition coefficient (Wildman–Crippen LogP) is 0.753. The molecule has 1 saturated heterocycles. The molecule has 2 N–H and O–H groups in total. The minimum Gasteiger partial charge on any atom is -0.381 e. The fourth-order valence-corrected chi connectivity index (χ4v) is 1.80. The van der Waals surface area contributed by atoms with Crippen LogP contribution in [-0.4, -0.2) is 43.2 Å². The number of nitrogens with two attached hydrogens (primary N) is 1. The lowest BCUT2D eigenvalue weighted by Crippen LogP contribution is -2.45. The van der Waals surface area contributed by atoms with E-state index in [0.717, 1.165) is 32.4 Å². The van der Waals surface area contributed by atoms with Gasteiger partial charge >= 0.3 is 0 Å². The molecule has 0 aromatic rings. The van der Waals surface area contributed by atoms with Crippen molar-refractivity contribution in [1.82, 2.24) is 4.90 Å². The molecule has 1 fully saturated rings. The molecule has 15 heavy (non-hydrogen) atoms. The Morgan fingerprint density at radius 3 is 3.00 bits per heavy atom. The summed E-state index contributed by atoms with van der Waals surface area (Å²) in [4.78, 5) is 13.6. The van der Waals surface area contributed by atoms with E-state index in [-0.39, 0.29) is 11.9 Å². The third-order valence-electron chi connectivity index (χ3n) is 2.62. The monoisotopic (exact) mass is 214 g/mol. The van der Waals surface area contributed by atoms with Crippen molar-refractivity contribution in [3.8, 4) is 0 Å². The molecule has 1 rings (SSSR count). The SMILES string of the molecule is CCCOCCC(=O)N1CCCC(N)C1. The van der Waals surface area contributed by atoms with Crippen LogP contribution >= 0.6 is 0 Å². The van der Waals surface area contributed by atoms with Crippen LogP contribution in [0.4, 0.5) is 0 Å². The lowest BCUT2D eigenvalue weighted by molar-refractivity contribution is -0.133. The van der Waals surface area contributed by atoms with E-state index < -0.39 is 0 Å². The Balaban J connectivity index is 2.15. The molecule has 0 saturated carbocycles. The van der Waals surface area contributed by atoms with Crippen molar-refractivity contribution in [2.45, 2.75) is 38.6 Å². The number of piperidine rings is 1. The first-order valence-electron chi connectivity index (χ1n) is 5.85. The molecule has 1 aliphatic rings. The van der Waals surface area contributed by atoms with E-state index in [4.69, 9.17) is 10.5 Å². The summed E-state index contributed by atoms with van der Waals surface area (Å²) in [5, 5.41) is 0. The second-order valence-corrected chi connectivity index (χ2v) is 4.10. The van der Waals surface area contributed by atoms with Crippen LogP contribution in [0.3, 0.4) is 0 Å². The van der Waals surface area contributed by atoms with Crippen LogP contribution in [0, 0.1) is 0 Å². The Morgan fingerprint density at radius 1 is 1.53 bits per heavy atom. The van der Waals surface area contributed by atoms with Gasteiger partial charge in [-0.1, -0.05) is 6.92 Å². The summed E-state index contributed by atoms with van der Waals surface area (Å²) in [6.45, 7) is 4.92. The molecule has 1 aliphatic heterocycles. The van der Waals surface area contributed by atoms with Gasteiger partial charge in [-0.3, -0.25) is 4.79 Å². The number of amides is 1. The van der Waals surface area contributed by atoms with Gasteiger partial charge < -0.3 is 15.4 Å². The van der Waals surface area contributed by atoms with Crippen molar-refractivity contribution in [1.29, 1.82) is 0 Å². The minimum absolute atomic E-state index is 0.166. The first kappa shape index (κ1) is 12.5. The van der Waals surface area contributed by atoms with Crippen LogP contribution in [0.25, 0.3) is 0 Å². The van der Waals surface area contributed by atoms with E-state index in [9.17, 15) is 4.79 Å². The molecule has 88 valence electrons. The Hall–Kier alpha value is -0.610. The molecule has 0 spiro atoms. The molecule has 1 atom stereocenters. The Morgan fingerprint density at radius 2 is 2.33 bits per heavy atom. The number of hydrogen-bond acceptors (Lipinski definition) is 3. The topological polar surface area (TPSA) is 55.6 Å². The normalized spacial score (nSPS) is 21.7.